The van der Waals surface area contributed by atoms with Gasteiger partial charge < -0.3 is 14.3 Å². The lowest BCUT2D eigenvalue weighted by Gasteiger charge is -2.53. The van der Waals surface area contributed by atoms with Crippen molar-refractivity contribution in [3.8, 4) is 0 Å². The molecule has 1 saturated carbocycles. The molecule has 3 aliphatic rings. The predicted octanol–water partition coefficient (Wildman–Crippen LogP) is 2.70. The molecule has 0 aromatic rings. The van der Waals surface area contributed by atoms with Crippen LogP contribution in [0.2, 0.25) is 0 Å². The summed E-state index contributed by atoms with van der Waals surface area (Å²) in [5.41, 5.74) is -0.100. The first-order chi connectivity index (χ1) is 8.52. The van der Waals surface area contributed by atoms with Gasteiger partial charge in [0.15, 0.2) is 5.79 Å². The molecule has 0 radical (unpaired) electrons. The third kappa shape index (κ3) is 1.68. The predicted molar refractivity (Wildman–Crippen MR) is 68.0 cm³/mol. The SMILES string of the molecule is CC1(C)CCC[C@@]2(C=O)CC3(C=C[C@H]12)OCCO3. The molecule has 3 heteroatoms. The van der Waals surface area contributed by atoms with Crippen LogP contribution in [0, 0.1) is 16.7 Å². The van der Waals surface area contributed by atoms with Crippen LogP contribution >= 0.6 is 0 Å². The van der Waals surface area contributed by atoms with E-state index in [0.717, 1.165) is 12.8 Å². The Morgan fingerprint density at radius 3 is 2.61 bits per heavy atom. The van der Waals surface area contributed by atoms with Gasteiger partial charge in [-0.3, -0.25) is 0 Å². The summed E-state index contributed by atoms with van der Waals surface area (Å²) in [5.74, 6) is -0.306. The van der Waals surface area contributed by atoms with Crippen molar-refractivity contribution < 1.29 is 14.3 Å². The van der Waals surface area contributed by atoms with Gasteiger partial charge in [0.05, 0.1) is 13.2 Å². The molecule has 100 valence electrons. The molecule has 2 aliphatic carbocycles. The molecule has 1 heterocycles. The lowest BCUT2D eigenvalue weighted by molar-refractivity contribution is -0.172. The number of fused-ring (bicyclic) bond motifs is 1. The van der Waals surface area contributed by atoms with Crippen LogP contribution in [0.15, 0.2) is 12.2 Å². The highest BCUT2D eigenvalue weighted by Gasteiger charge is 2.55. The average Bonchev–Trinajstić information content (AvgIpc) is 2.76. The fourth-order valence-corrected chi connectivity index (χ4v) is 4.22. The molecule has 0 N–H and O–H groups in total. The molecule has 0 unspecified atom stereocenters. The Morgan fingerprint density at radius 1 is 1.22 bits per heavy atom. The topological polar surface area (TPSA) is 35.5 Å². The molecule has 1 spiro atoms. The molecule has 1 aliphatic heterocycles. The first kappa shape index (κ1) is 12.4. The molecule has 0 aromatic carbocycles. The molecular weight excluding hydrogens is 228 g/mol. The maximum atomic E-state index is 11.8. The number of rotatable bonds is 1. The number of allylic oxidation sites excluding steroid dienone is 1. The first-order valence-electron chi connectivity index (χ1n) is 6.96. The van der Waals surface area contributed by atoms with Crippen molar-refractivity contribution >= 4 is 6.29 Å². The summed E-state index contributed by atoms with van der Waals surface area (Å²) in [6.45, 7) is 5.81. The van der Waals surface area contributed by atoms with E-state index >= 15 is 0 Å². The van der Waals surface area contributed by atoms with Crippen LogP contribution in [0.3, 0.4) is 0 Å². The largest absolute Gasteiger partial charge is 0.344 e. The van der Waals surface area contributed by atoms with Crippen LogP contribution in [-0.4, -0.2) is 25.3 Å². The number of ether oxygens (including phenoxy) is 2. The van der Waals surface area contributed by atoms with E-state index in [0.29, 0.717) is 25.6 Å². The summed E-state index contributed by atoms with van der Waals surface area (Å²) in [7, 11) is 0. The Hall–Kier alpha value is -0.670. The highest BCUT2D eigenvalue weighted by Crippen LogP contribution is 2.57. The molecule has 2 atom stereocenters. The molecule has 0 aromatic heterocycles. The van der Waals surface area contributed by atoms with E-state index in [1.54, 1.807) is 0 Å². The summed E-state index contributed by atoms with van der Waals surface area (Å²) in [4.78, 5) is 11.8. The van der Waals surface area contributed by atoms with E-state index in [4.69, 9.17) is 9.47 Å². The number of aldehydes is 1. The quantitative estimate of drug-likeness (QED) is 0.530. The lowest BCUT2D eigenvalue weighted by atomic mass is 9.52. The Morgan fingerprint density at radius 2 is 1.94 bits per heavy atom. The highest BCUT2D eigenvalue weighted by atomic mass is 16.7. The molecule has 3 rings (SSSR count). The molecule has 2 fully saturated rings. The van der Waals surface area contributed by atoms with Crippen molar-refractivity contribution in [1.29, 1.82) is 0 Å². The second-order valence-electron chi connectivity index (χ2n) is 6.72. The van der Waals surface area contributed by atoms with Gasteiger partial charge >= 0.3 is 0 Å². The number of hydrogen-bond acceptors (Lipinski definition) is 3. The zero-order valence-corrected chi connectivity index (χ0v) is 11.3. The van der Waals surface area contributed by atoms with Gasteiger partial charge in [-0.15, -0.1) is 0 Å². The standard InChI is InChI=1S/C15H22O3/c1-13(2)5-3-6-14(11-16)10-15(7-4-12(13)14)17-8-9-18-15/h4,7,11-12H,3,5-6,8-10H2,1-2H3/t12-,14+/m1/s1. The molecule has 0 bridgehead atoms. The highest BCUT2D eigenvalue weighted by molar-refractivity contribution is 5.62. The van der Waals surface area contributed by atoms with Crippen LogP contribution in [-0.2, 0) is 14.3 Å². The Bertz CT molecular complexity index is 379. The number of hydrogen-bond donors (Lipinski definition) is 0. The maximum Gasteiger partial charge on any atom is 0.188 e. The van der Waals surface area contributed by atoms with Gasteiger partial charge in [-0.25, -0.2) is 0 Å². The van der Waals surface area contributed by atoms with Crippen LogP contribution in [0.1, 0.15) is 39.5 Å². The monoisotopic (exact) mass is 250 g/mol. The van der Waals surface area contributed by atoms with E-state index in [1.165, 1.54) is 12.7 Å². The van der Waals surface area contributed by atoms with Crippen molar-refractivity contribution in [2.24, 2.45) is 16.7 Å². The van der Waals surface area contributed by atoms with Crippen LogP contribution in [0.25, 0.3) is 0 Å². The first-order valence-corrected chi connectivity index (χ1v) is 6.96. The summed E-state index contributed by atoms with van der Waals surface area (Å²) in [6.07, 6.45) is 9.37. The minimum atomic E-state index is -0.620. The second-order valence-corrected chi connectivity index (χ2v) is 6.72. The van der Waals surface area contributed by atoms with Crippen LogP contribution < -0.4 is 0 Å². The fraction of sp³-hybridized carbons (Fsp3) is 0.800. The van der Waals surface area contributed by atoms with Crippen LogP contribution in [0.4, 0.5) is 0 Å². The summed E-state index contributed by atoms with van der Waals surface area (Å²) >= 11 is 0. The van der Waals surface area contributed by atoms with E-state index in [9.17, 15) is 4.79 Å². The minimum Gasteiger partial charge on any atom is -0.344 e. The fourth-order valence-electron chi connectivity index (χ4n) is 4.22. The Kier molecular flexibility index (Phi) is 2.69. The summed E-state index contributed by atoms with van der Waals surface area (Å²) < 4.78 is 11.5. The zero-order valence-electron chi connectivity index (χ0n) is 11.3. The number of carbonyl (C=O) groups is 1. The zero-order chi connectivity index (χ0) is 12.9. The van der Waals surface area contributed by atoms with Crippen molar-refractivity contribution in [1.82, 2.24) is 0 Å². The van der Waals surface area contributed by atoms with Crippen molar-refractivity contribution in [3.63, 3.8) is 0 Å². The third-order valence-corrected chi connectivity index (χ3v) is 5.05. The van der Waals surface area contributed by atoms with E-state index < -0.39 is 5.79 Å². The Labute approximate surface area is 109 Å². The third-order valence-electron chi connectivity index (χ3n) is 5.05. The Balaban J connectivity index is 2.00. The van der Waals surface area contributed by atoms with Crippen molar-refractivity contribution in [2.75, 3.05) is 13.2 Å². The van der Waals surface area contributed by atoms with Gasteiger partial charge in [0.1, 0.15) is 6.29 Å². The smallest absolute Gasteiger partial charge is 0.188 e. The normalized spacial score (nSPS) is 40.7. The molecular formula is C15H22O3. The van der Waals surface area contributed by atoms with E-state index in [1.807, 2.05) is 0 Å². The minimum absolute atomic E-state index is 0.190. The van der Waals surface area contributed by atoms with E-state index in [2.05, 4.69) is 26.0 Å². The van der Waals surface area contributed by atoms with Gasteiger partial charge in [-0.05, 0) is 30.3 Å². The molecule has 18 heavy (non-hydrogen) atoms. The van der Waals surface area contributed by atoms with Gasteiger partial charge in [-0.1, -0.05) is 26.3 Å². The summed E-state index contributed by atoms with van der Waals surface area (Å²) in [5, 5.41) is 0. The molecule has 0 amide bonds. The second kappa shape index (κ2) is 3.91. The molecule has 3 nitrogen and oxygen atoms in total. The van der Waals surface area contributed by atoms with Gasteiger partial charge in [0.25, 0.3) is 0 Å². The lowest BCUT2D eigenvalue weighted by Crippen LogP contribution is -2.51. The maximum absolute atomic E-state index is 11.8. The van der Waals surface area contributed by atoms with E-state index in [-0.39, 0.29) is 10.8 Å². The van der Waals surface area contributed by atoms with Gasteiger partial charge in [-0.2, -0.15) is 0 Å². The van der Waals surface area contributed by atoms with Crippen molar-refractivity contribution in [3.05, 3.63) is 12.2 Å². The van der Waals surface area contributed by atoms with Gasteiger partial charge in [0, 0.05) is 11.8 Å². The molecule has 1 saturated heterocycles. The summed E-state index contributed by atoms with van der Waals surface area (Å²) in [6, 6.07) is 0. The average molecular weight is 250 g/mol. The van der Waals surface area contributed by atoms with Gasteiger partial charge in [0.2, 0.25) is 0 Å². The van der Waals surface area contributed by atoms with Crippen molar-refractivity contribution in [2.45, 2.75) is 45.3 Å². The van der Waals surface area contributed by atoms with Crippen LogP contribution in [0.5, 0.6) is 0 Å². The number of carbonyl (C=O) groups excluding carboxylic acids is 1.